The topological polar surface area (TPSA) is 33.0 Å². The number of rotatable bonds is 6. The minimum absolute atomic E-state index is 0.596. The lowest BCUT2D eigenvalue weighted by molar-refractivity contribution is 0.318. The van der Waals surface area contributed by atoms with E-state index in [1.165, 1.54) is 10.5 Å². The summed E-state index contributed by atoms with van der Waals surface area (Å²) in [5, 5.41) is 8.97. The highest BCUT2D eigenvalue weighted by Crippen LogP contribution is 2.22. The van der Waals surface area contributed by atoms with E-state index in [1.54, 1.807) is 6.07 Å². The van der Waals surface area contributed by atoms with Gasteiger partial charge < -0.3 is 4.74 Å². The van der Waals surface area contributed by atoms with Crippen LogP contribution >= 0.6 is 11.8 Å². The first-order chi connectivity index (χ1) is 9.81. The summed E-state index contributed by atoms with van der Waals surface area (Å²) in [6, 6.07) is 17.9. The molecule has 0 spiro atoms. The molecule has 20 heavy (non-hydrogen) atoms. The van der Waals surface area contributed by atoms with Crippen molar-refractivity contribution in [2.45, 2.75) is 18.2 Å². The summed E-state index contributed by atoms with van der Waals surface area (Å²) in [6.07, 6.45) is 0.957. The molecule has 0 unspecified atom stereocenters. The molecule has 0 saturated heterocycles. The maximum atomic E-state index is 8.97. The number of ether oxygens (including phenoxy) is 1. The molecule has 0 aliphatic carbocycles. The molecule has 0 heterocycles. The van der Waals surface area contributed by atoms with Gasteiger partial charge in [0.25, 0.3) is 0 Å². The number of aryl methyl sites for hydroxylation is 1. The molecule has 102 valence electrons. The molecule has 0 N–H and O–H groups in total. The Kier molecular flexibility index (Phi) is 5.52. The smallest absolute Gasteiger partial charge is 0.137 e. The van der Waals surface area contributed by atoms with Crippen molar-refractivity contribution in [1.82, 2.24) is 0 Å². The van der Waals surface area contributed by atoms with Gasteiger partial charge in [0.15, 0.2) is 0 Å². The molecule has 0 radical (unpaired) electrons. The van der Waals surface area contributed by atoms with Crippen LogP contribution in [0.1, 0.15) is 17.5 Å². The standard InChI is InChI=1S/C17H17NOS/c1-14-7-2-5-10-17(14)20-12-6-11-19-16-9-4-3-8-15(16)13-18/h2-5,7-10H,6,11-12H2,1H3. The van der Waals surface area contributed by atoms with Crippen molar-refractivity contribution < 1.29 is 4.74 Å². The molecule has 0 aliphatic rings. The molecule has 0 amide bonds. The minimum atomic E-state index is 0.596. The maximum Gasteiger partial charge on any atom is 0.137 e. The predicted molar refractivity (Wildman–Crippen MR) is 83.2 cm³/mol. The summed E-state index contributed by atoms with van der Waals surface area (Å²) < 4.78 is 5.66. The monoisotopic (exact) mass is 283 g/mol. The number of thioether (sulfide) groups is 1. The van der Waals surface area contributed by atoms with Crippen LogP contribution in [-0.2, 0) is 0 Å². The highest BCUT2D eigenvalue weighted by Gasteiger charge is 2.02. The largest absolute Gasteiger partial charge is 0.492 e. The zero-order chi connectivity index (χ0) is 14.2. The van der Waals surface area contributed by atoms with E-state index in [1.807, 2.05) is 30.0 Å². The lowest BCUT2D eigenvalue weighted by Crippen LogP contribution is -2.00. The fraction of sp³-hybridized carbons (Fsp3) is 0.235. The van der Waals surface area contributed by atoms with Crippen LogP contribution < -0.4 is 4.74 Å². The molecule has 2 aromatic carbocycles. The molecule has 2 rings (SSSR count). The van der Waals surface area contributed by atoms with Crippen LogP contribution in [-0.4, -0.2) is 12.4 Å². The summed E-state index contributed by atoms with van der Waals surface area (Å²) in [5.74, 6) is 1.69. The normalized spacial score (nSPS) is 10.0. The Morgan fingerprint density at radius 2 is 1.85 bits per heavy atom. The number of hydrogen-bond acceptors (Lipinski definition) is 3. The van der Waals surface area contributed by atoms with Gasteiger partial charge in [-0.1, -0.05) is 30.3 Å². The lowest BCUT2D eigenvalue weighted by atomic mass is 10.2. The Labute approximate surface area is 124 Å². The average Bonchev–Trinajstić information content (AvgIpc) is 2.49. The number of benzene rings is 2. The van der Waals surface area contributed by atoms with E-state index < -0.39 is 0 Å². The van der Waals surface area contributed by atoms with E-state index >= 15 is 0 Å². The van der Waals surface area contributed by atoms with Crippen LogP contribution in [0, 0.1) is 18.3 Å². The fourth-order valence-corrected chi connectivity index (χ4v) is 2.78. The zero-order valence-electron chi connectivity index (χ0n) is 11.5. The van der Waals surface area contributed by atoms with Gasteiger partial charge in [0, 0.05) is 10.6 Å². The second-order valence-electron chi connectivity index (χ2n) is 4.42. The van der Waals surface area contributed by atoms with E-state index in [2.05, 4.69) is 37.3 Å². The first-order valence-corrected chi connectivity index (χ1v) is 7.60. The number of nitriles is 1. The Morgan fingerprint density at radius 1 is 1.10 bits per heavy atom. The highest BCUT2D eigenvalue weighted by molar-refractivity contribution is 7.99. The quantitative estimate of drug-likeness (QED) is 0.581. The van der Waals surface area contributed by atoms with Gasteiger partial charge in [-0.2, -0.15) is 5.26 Å². The number of para-hydroxylation sites is 1. The van der Waals surface area contributed by atoms with Crippen molar-refractivity contribution in [3.8, 4) is 11.8 Å². The van der Waals surface area contributed by atoms with Gasteiger partial charge in [-0.3, -0.25) is 0 Å². The number of nitrogens with zero attached hydrogens (tertiary/aromatic N) is 1. The minimum Gasteiger partial charge on any atom is -0.492 e. The average molecular weight is 283 g/mol. The highest BCUT2D eigenvalue weighted by atomic mass is 32.2. The summed E-state index contributed by atoms with van der Waals surface area (Å²) >= 11 is 1.85. The molecule has 2 nitrogen and oxygen atoms in total. The summed E-state index contributed by atoms with van der Waals surface area (Å²) in [5.41, 5.74) is 1.91. The summed E-state index contributed by atoms with van der Waals surface area (Å²) in [4.78, 5) is 1.32. The van der Waals surface area contributed by atoms with Crippen molar-refractivity contribution in [1.29, 1.82) is 5.26 Å². The summed E-state index contributed by atoms with van der Waals surface area (Å²) in [7, 11) is 0. The molecule has 0 saturated carbocycles. The van der Waals surface area contributed by atoms with Gasteiger partial charge in [0.1, 0.15) is 11.8 Å². The van der Waals surface area contributed by atoms with Crippen LogP contribution in [0.15, 0.2) is 53.4 Å². The van der Waals surface area contributed by atoms with E-state index in [0.717, 1.165) is 12.2 Å². The van der Waals surface area contributed by atoms with Crippen LogP contribution in [0.4, 0.5) is 0 Å². The molecule has 0 atom stereocenters. The third-order valence-electron chi connectivity index (χ3n) is 2.90. The van der Waals surface area contributed by atoms with Gasteiger partial charge in [0.2, 0.25) is 0 Å². The Bertz CT molecular complexity index is 604. The molecule has 0 aliphatic heterocycles. The molecular formula is C17H17NOS. The van der Waals surface area contributed by atoms with Gasteiger partial charge in [-0.15, -0.1) is 11.8 Å². The van der Waals surface area contributed by atoms with Crippen molar-refractivity contribution in [2.24, 2.45) is 0 Å². The van der Waals surface area contributed by atoms with E-state index in [0.29, 0.717) is 17.9 Å². The van der Waals surface area contributed by atoms with Gasteiger partial charge in [-0.05, 0) is 37.1 Å². The van der Waals surface area contributed by atoms with Gasteiger partial charge in [0.05, 0.1) is 12.2 Å². The fourth-order valence-electron chi connectivity index (χ4n) is 1.83. The summed E-state index contributed by atoms with van der Waals surface area (Å²) in [6.45, 7) is 2.76. The van der Waals surface area contributed by atoms with E-state index in [9.17, 15) is 0 Å². The Morgan fingerprint density at radius 3 is 2.65 bits per heavy atom. The van der Waals surface area contributed by atoms with Crippen LogP contribution in [0.5, 0.6) is 5.75 Å². The van der Waals surface area contributed by atoms with Crippen LogP contribution in [0.2, 0.25) is 0 Å². The van der Waals surface area contributed by atoms with Crippen molar-refractivity contribution >= 4 is 11.8 Å². The van der Waals surface area contributed by atoms with Crippen molar-refractivity contribution in [3.63, 3.8) is 0 Å². The molecule has 0 aromatic heterocycles. The lowest BCUT2D eigenvalue weighted by Gasteiger charge is -2.08. The Hall–Kier alpha value is -1.92. The van der Waals surface area contributed by atoms with Crippen molar-refractivity contribution in [2.75, 3.05) is 12.4 Å². The predicted octanol–water partition coefficient (Wildman–Crippen LogP) is 4.43. The van der Waals surface area contributed by atoms with Gasteiger partial charge in [-0.25, -0.2) is 0 Å². The third kappa shape index (κ3) is 4.04. The van der Waals surface area contributed by atoms with Crippen molar-refractivity contribution in [3.05, 3.63) is 59.7 Å². The third-order valence-corrected chi connectivity index (χ3v) is 4.17. The molecule has 0 bridgehead atoms. The maximum absolute atomic E-state index is 8.97. The second kappa shape index (κ2) is 7.62. The van der Waals surface area contributed by atoms with E-state index in [4.69, 9.17) is 10.00 Å². The van der Waals surface area contributed by atoms with Gasteiger partial charge >= 0.3 is 0 Å². The van der Waals surface area contributed by atoms with Crippen LogP contribution in [0.25, 0.3) is 0 Å². The molecular weight excluding hydrogens is 266 g/mol. The molecule has 3 heteroatoms. The van der Waals surface area contributed by atoms with Crippen LogP contribution in [0.3, 0.4) is 0 Å². The molecule has 2 aromatic rings. The number of hydrogen-bond donors (Lipinski definition) is 0. The second-order valence-corrected chi connectivity index (χ2v) is 5.56. The Balaban J connectivity index is 1.75. The first kappa shape index (κ1) is 14.5. The SMILES string of the molecule is Cc1ccccc1SCCCOc1ccccc1C#N. The van der Waals surface area contributed by atoms with E-state index in [-0.39, 0.29) is 0 Å². The zero-order valence-corrected chi connectivity index (χ0v) is 12.3. The first-order valence-electron chi connectivity index (χ1n) is 6.61. The molecule has 0 fully saturated rings.